The molecule has 0 bridgehead atoms. The van der Waals surface area contributed by atoms with E-state index in [4.69, 9.17) is 0 Å². The van der Waals surface area contributed by atoms with Crippen molar-refractivity contribution in [2.75, 3.05) is 18.4 Å². The Bertz CT molecular complexity index is 471. The molecule has 1 saturated heterocycles. The fourth-order valence-corrected chi connectivity index (χ4v) is 2.38. The molecular weight excluding hydrogens is 256 g/mol. The molecule has 2 rings (SSSR count). The summed E-state index contributed by atoms with van der Waals surface area (Å²) < 4.78 is 0. The molecule has 1 aliphatic rings. The van der Waals surface area contributed by atoms with Gasteiger partial charge in [0.1, 0.15) is 0 Å². The fourth-order valence-electron chi connectivity index (χ4n) is 2.38. The van der Waals surface area contributed by atoms with E-state index in [-0.39, 0.29) is 5.91 Å². The normalized spacial score (nSPS) is 27.3. The summed E-state index contributed by atoms with van der Waals surface area (Å²) in [6.07, 6.45) is -0.145. The predicted molar refractivity (Wildman–Crippen MR) is 77.3 cm³/mol. The van der Waals surface area contributed by atoms with E-state index in [0.717, 1.165) is 24.3 Å². The summed E-state index contributed by atoms with van der Waals surface area (Å²) in [6.45, 7) is 5.12. The van der Waals surface area contributed by atoms with Crippen molar-refractivity contribution >= 4 is 11.6 Å². The first-order chi connectivity index (χ1) is 9.37. The van der Waals surface area contributed by atoms with Crippen molar-refractivity contribution in [3.05, 3.63) is 29.8 Å². The maximum Gasteiger partial charge on any atom is 0.221 e. The zero-order chi connectivity index (χ0) is 14.8. The highest BCUT2D eigenvalue weighted by atomic mass is 16.3. The number of hydrogen-bond donors (Lipinski definition) is 3. The smallest absolute Gasteiger partial charge is 0.221 e. The molecule has 0 radical (unpaired) electrons. The van der Waals surface area contributed by atoms with Gasteiger partial charge in [0.05, 0.1) is 11.7 Å². The van der Waals surface area contributed by atoms with E-state index >= 15 is 0 Å². The van der Waals surface area contributed by atoms with Crippen LogP contribution in [0.1, 0.15) is 25.8 Å². The third kappa shape index (κ3) is 3.79. The average molecular weight is 278 g/mol. The van der Waals surface area contributed by atoms with Gasteiger partial charge in [0.15, 0.2) is 0 Å². The zero-order valence-corrected chi connectivity index (χ0v) is 12.0. The number of benzene rings is 1. The van der Waals surface area contributed by atoms with Crippen molar-refractivity contribution < 1.29 is 15.0 Å². The molecule has 110 valence electrons. The zero-order valence-electron chi connectivity index (χ0n) is 12.0. The van der Waals surface area contributed by atoms with Gasteiger partial charge in [-0.25, -0.2) is 0 Å². The number of amides is 1. The number of piperidine rings is 1. The third-order valence-corrected chi connectivity index (χ3v) is 3.76. The molecule has 0 unspecified atom stereocenters. The van der Waals surface area contributed by atoms with Crippen LogP contribution in [0.5, 0.6) is 0 Å². The summed E-state index contributed by atoms with van der Waals surface area (Å²) in [5.41, 5.74) is 0.918. The van der Waals surface area contributed by atoms with E-state index in [9.17, 15) is 15.0 Å². The van der Waals surface area contributed by atoms with Crippen LogP contribution in [0.4, 0.5) is 5.69 Å². The number of rotatable bonds is 3. The van der Waals surface area contributed by atoms with E-state index in [0.29, 0.717) is 13.0 Å². The van der Waals surface area contributed by atoms with Crippen molar-refractivity contribution in [2.45, 2.75) is 38.5 Å². The highest BCUT2D eigenvalue weighted by Gasteiger charge is 2.36. The van der Waals surface area contributed by atoms with Crippen LogP contribution in [-0.4, -0.2) is 45.8 Å². The van der Waals surface area contributed by atoms with Gasteiger partial charge in [-0.1, -0.05) is 12.1 Å². The SMILES string of the molecule is CC(=O)Nc1ccc(CN2CC[C@](C)(O)[C@@H](O)C2)cc1. The van der Waals surface area contributed by atoms with Crippen molar-refractivity contribution in [1.29, 1.82) is 0 Å². The Morgan fingerprint density at radius 3 is 2.65 bits per heavy atom. The second-order valence-electron chi connectivity index (χ2n) is 5.74. The molecule has 1 amide bonds. The first-order valence-corrected chi connectivity index (χ1v) is 6.86. The van der Waals surface area contributed by atoms with E-state index in [1.165, 1.54) is 6.92 Å². The average Bonchev–Trinajstić information content (AvgIpc) is 2.36. The topological polar surface area (TPSA) is 72.8 Å². The van der Waals surface area contributed by atoms with Gasteiger partial charge in [-0.2, -0.15) is 0 Å². The molecule has 0 saturated carbocycles. The molecule has 0 aliphatic carbocycles. The van der Waals surface area contributed by atoms with Crippen LogP contribution in [0.2, 0.25) is 0 Å². The molecule has 1 aromatic carbocycles. The number of aliphatic hydroxyl groups is 2. The summed E-state index contributed by atoms with van der Waals surface area (Å²) >= 11 is 0. The van der Waals surface area contributed by atoms with Gasteiger partial charge in [0.25, 0.3) is 0 Å². The lowest BCUT2D eigenvalue weighted by Crippen LogP contribution is -2.53. The van der Waals surface area contributed by atoms with Crippen molar-refractivity contribution in [2.24, 2.45) is 0 Å². The second-order valence-corrected chi connectivity index (χ2v) is 5.74. The van der Waals surface area contributed by atoms with Crippen molar-refractivity contribution in [1.82, 2.24) is 4.90 Å². The number of aliphatic hydroxyl groups excluding tert-OH is 1. The standard InChI is InChI=1S/C15H22N2O3/c1-11(18)16-13-5-3-12(4-6-13)9-17-8-7-15(2,20)14(19)10-17/h3-6,14,19-20H,7-10H2,1-2H3,(H,16,18)/t14-,15-/m0/s1. The molecule has 1 fully saturated rings. The Kier molecular flexibility index (Phi) is 4.42. The molecule has 0 spiro atoms. The van der Waals surface area contributed by atoms with Crippen LogP contribution in [0.25, 0.3) is 0 Å². The third-order valence-electron chi connectivity index (χ3n) is 3.76. The summed E-state index contributed by atoms with van der Waals surface area (Å²) in [4.78, 5) is 13.1. The molecule has 1 aromatic rings. The minimum Gasteiger partial charge on any atom is -0.389 e. The van der Waals surface area contributed by atoms with E-state index in [1.807, 2.05) is 24.3 Å². The number of likely N-dealkylation sites (tertiary alicyclic amines) is 1. The molecular formula is C15H22N2O3. The Balaban J connectivity index is 1.92. The molecule has 0 aromatic heterocycles. The largest absolute Gasteiger partial charge is 0.389 e. The molecule has 20 heavy (non-hydrogen) atoms. The van der Waals surface area contributed by atoms with Gasteiger partial charge in [0, 0.05) is 32.2 Å². The minimum atomic E-state index is -0.980. The maximum atomic E-state index is 10.9. The Morgan fingerprint density at radius 1 is 1.45 bits per heavy atom. The number of nitrogens with one attached hydrogen (secondary N) is 1. The number of hydrogen-bond acceptors (Lipinski definition) is 4. The second kappa shape index (κ2) is 5.91. The Labute approximate surface area is 119 Å². The monoisotopic (exact) mass is 278 g/mol. The Hall–Kier alpha value is -1.43. The fraction of sp³-hybridized carbons (Fsp3) is 0.533. The van der Waals surface area contributed by atoms with Gasteiger partial charge in [-0.3, -0.25) is 9.69 Å². The van der Waals surface area contributed by atoms with Gasteiger partial charge in [-0.15, -0.1) is 0 Å². The molecule has 5 nitrogen and oxygen atoms in total. The molecule has 2 atom stereocenters. The van der Waals surface area contributed by atoms with E-state index < -0.39 is 11.7 Å². The summed E-state index contributed by atoms with van der Waals surface area (Å²) in [7, 11) is 0. The van der Waals surface area contributed by atoms with Crippen LogP contribution in [0.15, 0.2) is 24.3 Å². The molecule has 1 aliphatic heterocycles. The van der Waals surface area contributed by atoms with Gasteiger partial charge >= 0.3 is 0 Å². The first-order valence-electron chi connectivity index (χ1n) is 6.86. The summed E-state index contributed by atoms with van der Waals surface area (Å²) in [5, 5.41) is 22.5. The number of carbonyl (C=O) groups excluding carboxylic acids is 1. The molecule has 5 heteroatoms. The van der Waals surface area contributed by atoms with Gasteiger partial charge in [0.2, 0.25) is 5.91 Å². The number of β-amino-alcohol motifs (C(OH)–C–C–N with tert-alkyl or cyclic N) is 1. The van der Waals surface area contributed by atoms with Crippen LogP contribution < -0.4 is 5.32 Å². The van der Waals surface area contributed by atoms with Gasteiger partial charge in [-0.05, 0) is 31.0 Å². The first kappa shape index (κ1) is 15.0. The lowest BCUT2D eigenvalue weighted by molar-refractivity contribution is -0.114. The van der Waals surface area contributed by atoms with Crippen molar-refractivity contribution in [3.8, 4) is 0 Å². The van der Waals surface area contributed by atoms with Crippen molar-refractivity contribution in [3.63, 3.8) is 0 Å². The van der Waals surface area contributed by atoms with Crippen LogP contribution in [0, 0.1) is 0 Å². The summed E-state index contributed by atoms with van der Waals surface area (Å²) in [6, 6.07) is 7.66. The number of anilines is 1. The number of nitrogens with zero attached hydrogens (tertiary/aromatic N) is 1. The minimum absolute atomic E-state index is 0.0841. The maximum absolute atomic E-state index is 10.9. The molecule has 1 heterocycles. The highest BCUT2D eigenvalue weighted by molar-refractivity contribution is 5.88. The van der Waals surface area contributed by atoms with Crippen LogP contribution in [-0.2, 0) is 11.3 Å². The van der Waals surface area contributed by atoms with E-state index in [1.54, 1.807) is 6.92 Å². The molecule has 3 N–H and O–H groups in total. The lowest BCUT2D eigenvalue weighted by Gasteiger charge is -2.39. The predicted octanol–water partition coefficient (Wildman–Crippen LogP) is 0.963. The number of carbonyl (C=O) groups is 1. The summed E-state index contributed by atoms with van der Waals surface area (Å²) in [5.74, 6) is -0.0841. The highest BCUT2D eigenvalue weighted by Crippen LogP contribution is 2.23. The van der Waals surface area contributed by atoms with Crippen LogP contribution in [0.3, 0.4) is 0 Å². The lowest BCUT2D eigenvalue weighted by atomic mass is 9.90. The Morgan fingerprint density at radius 2 is 2.10 bits per heavy atom. The van der Waals surface area contributed by atoms with Gasteiger partial charge < -0.3 is 15.5 Å². The quantitative estimate of drug-likeness (QED) is 0.770. The van der Waals surface area contributed by atoms with Crippen LogP contribution >= 0.6 is 0 Å². The van der Waals surface area contributed by atoms with E-state index in [2.05, 4.69) is 10.2 Å².